The summed E-state index contributed by atoms with van der Waals surface area (Å²) in [6.45, 7) is 1.24. The summed E-state index contributed by atoms with van der Waals surface area (Å²) in [4.78, 5) is 10.9. The number of methoxy groups -OCH3 is 1. The summed E-state index contributed by atoms with van der Waals surface area (Å²) in [7, 11) is -2.83. The van der Waals surface area contributed by atoms with E-state index in [2.05, 4.69) is 4.74 Å². The largest absolute Gasteiger partial charge is 0.468 e. The van der Waals surface area contributed by atoms with Crippen LogP contribution in [0.5, 0.6) is 0 Å². The second-order valence-corrected chi connectivity index (χ2v) is 5.27. The predicted octanol–water partition coefficient (Wildman–Crippen LogP) is 0.810. The van der Waals surface area contributed by atoms with Crippen molar-refractivity contribution in [2.24, 2.45) is 0 Å². The molecule has 0 aromatic carbocycles. The van der Waals surface area contributed by atoms with E-state index >= 15 is 0 Å². The Hall–Kier alpha value is -0.830. The molecule has 1 atom stereocenters. The molecule has 102 valence electrons. The number of alkyl halides is 3. The molecule has 0 fully saturated rings. The average molecular weight is 277 g/mol. The lowest BCUT2D eigenvalue weighted by molar-refractivity contribution is -0.142. The van der Waals surface area contributed by atoms with Crippen LogP contribution in [0.15, 0.2) is 0 Å². The molecule has 0 spiro atoms. The molecule has 1 unspecified atom stereocenters. The second kappa shape index (κ2) is 6.20. The third-order valence-corrected chi connectivity index (χ3v) is 3.32. The molecule has 0 saturated carbocycles. The van der Waals surface area contributed by atoms with Gasteiger partial charge in [0.15, 0.2) is 0 Å². The minimum atomic E-state index is -4.39. The van der Waals surface area contributed by atoms with E-state index in [1.54, 1.807) is 0 Å². The molecule has 0 saturated heterocycles. The number of rotatable bonds is 6. The van der Waals surface area contributed by atoms with E-state index in [-0.39, 0.29) is 0 Å². The first-order valence-corrected chi connectivity index (χ1v) is 6.37. The van der Waals surface area contributed by atoms with Gasteiger partial charge in [-0.2, -0.15) is 13.2 Å². The van der Waals surface area contributed by atoms with Gasteiger partial charge in [-0.15, -0.1) is 0 Å². The van der Waals surface area contributed by atoms with Crippen LogP contribution in [0.3, 0.4) is 0 Å². The Labute approximate surface area is 97.4 Å². The Morgan fingerprint density at radius 3 is 2.35 bits per heavy atom. The maximum Gasteiger partial charge on any atom is 0.389 e. The van der Waals surface area contributed by atoms with Gasteiger partial charge in [0.25, 0.3) is 0 Å². The molecule has 0 bridgehead atoms. The van der Waals surface area contributed by atoms with Gasteiger partial charge in [-0.25, -0.2) is 13.1 Å². The van der Waals surface area contributed by atoms with Crippen molar-refractivity contribution in [2.45, 2.75) is 32.0 Å². The Balaban J connectivity index is 4.18. The van der Waals surface area contributed by atoms with E-state index in [0.29, 0.717) is 0 Å². The molecule has 0 aliphatic heterocycles. The molecular weight excluding hydrogens is 263 g/mol. The number of carbonyl (C=O) groups excluding carboxylic acids is 1. The zero-order chi connectivity index (χ0) is 13.7. The summed E-state index contributed by atoms with van der Waals surface area (Å²) in [5.41, 5.74) is 0. The molecule has 0 radical (unpaired) electrons. The van der Waals surface area contributed by atoms with Crippen LogP contribution in [-0.4, -0.2) is 39.5 Å². The van der Waals surface area contributed by atoms with Gasteiger partial charge in [0, 0.05) is 6.42 Å². The third-order valence-electron chi connectivity index (χ3n) is 1.78. The van der Waals surface area contributed by atoms with E-state index in [1.807, 2.05) is 4.72 Å². The standard InChI is InChI=1S/C8H14F3NO4S/c1-6(7(13)16-2)12-17(14,15)5-3-4-8(9,10)11/h6,12H,3-5H2,1-2H3. The molecule has 1 N–H and O–H groups in total. The monoisotopic (exact) mass is 277 g/mol. The highest BCUT2D eigenvalue weighted by molar-refractivity contribution is 7.89. The lowest BCUT2D eigenvalue weighted by atomic mass is 10.3. The number of carbonyl (C=O) groups is 1. The molecule has 0 aliphatic rings. The molecule has 0 rings (SSSR count). The molecular formula is C8H14F3NO4S. The Morgan fingerprint density at radius 2 is 1.94 bits per heavy atom. The summed E-state index contributed by atoms with van der Waals surface area (Å²) >= 11 is 0. The zero-order valence-electron chi connectivity index (χ0n) is 9.37. The van der Waals surface area contributed by atoms with E-state index < -0.39 is 46.8 Å². The van der Waals surface area contributed by atoms with Gasteiger partial charge in [0.1, 0.15) is 6.04 Å². The zero-order valence-corrected chi connectivity index (χ0v) is 10.2. The SMILES string of the molecule is COC(=O)C(C)NS(=O)(=O)CCCC(F)(F)F. The average Bonchev–Trinajstić information content (AvgIpc) is 2.13. The fourth-order valence-electron chi connectivity index (χ4n) is 1.02. The summed E-state index contributed by atoms with van der Waals surface area (Å²) < 4.78 is 64.1. The minimum Gasteiger partial charge on any atom is -0.468 e. The van der Waals surface area contributed by atoms with Crippen molar-refractivity contribution in [1.29, 1.82) is 0 Å². The highest BCUT2D eigenvalue weighted by Crippen LogP contribution is 2.21. The Kier molecular flexibility index (Phi) is 5.89. The Bertz CT molecular complexity index is 352. The molecule has 0 heterocycles. The van der Waals surface area contributed by atoms with E-state index in [4.69, 9.17) is 0 Å². The minimum absolute atomic E-state index is 0.549. The second-order valence-electron chi connectivity index (χ2n) is 3.40. The normalized spacial score (nSPS) is 14.4. The van der Waals surface area contributed by atoms with Crippen molar-refractivity contribution in [1.82, 2.24) is 4.72 Å². The summed E-state index contributed by atoms with van der Waals surface area (Å²) in [5, 5.41) is 0. The number of sulfonamides is 1. The maximum absolute atomic E-state index is 11.8. The molecule has 0 aliphatic carbocycles. The van der Waals surface area contributed by atoms with Gasteiger partial charge in [-0.1, -0.05) is 0 Å². The highest BCUT2D eigenvalue weighted by Gasteiger charge is 2.28. The van der Waals surface area contributed by atoms with Crippen LogP contribution in [0.4, 0.5) is 13.2 Å². The summed E-state index contributed by atoms with van der Waals surface area (Å²) in [6.07, 6.45) is -6.11. The first-order chi connectivity index (χ1) is 7.57. The first-order valence-electron chi connectivity index (χ1n) is 4.72. The maximum atomic E-state index is 11.8. The summed E-state index contributed by atoms with van der Waals surface area (Å²) in [6, 6.07) is -1.11. The topological polar surface area (TPSA) is 72.5 Å². The van der Waals surface area contributed by atoms with Gasteiger partial charge in [-0.3, -0.25) is 4.79 Å². The van der Waals surface area contributed by atoms with Gasteiger partial charge in [-0.05, 0) is 13.3 Å². The molecule has 0 amide bonds. The lowest BCUT2D eigenvalue weighted by Crippen LogP contribution is -2.40. The molecule has 9 heteroatoms. The van der Waals surface area contributed by atoms with Crippen molar-refractivity contribution in [3.8, 4) is 0 Å². The number of ether oxygens (including phenoxy) is 1. The van der Waals surface area contributed by atoms with Crippen LogP contribution in [0, 0.1) is 0 Å². The fraction of sp³-hybridized carbons (Fsp3) is 0.875. The molecule has 0 aromatic rings. The van der Waals surface area contributed by atoms with Crippen LogP contribution in [0.2, 0.25) is 0 Å². The van der Waals surface area contributed by atoms with E-state index in [9.17, 15) is 26.4 Å². The van der Waals surface area contributed by atoms with Crippen LogP contribution < -0.4 is 4.72 Å². The predicted molar refractivity (Wildman–Crippen MR) is 53.7 cm³/mol. The quantitative estimate of drug-likeness (QED) is 0.729. The molecule has 17 heavy (non-hydrogen) atoms. The van der Waals surface area contributed by atoms with Gasteiger partial charge in [0.2, 0.25) is 10.0 Å². The number of halogens is 3. The summed E-state index contributed by atoms with van der Waals surface area (Å²) in [5.74, 6) is -1.49. The third kappa shape index (κ3) is 7.97. The number of hydrogen-bond acceptors (Lipinski definition) is 4. The first kappa shape index (κ1) is 16.2. The van der Waals surface area contributed by atoms with E-state index in [0.717, 1.165) is 7.11 Å². The molecule has 0 aromatic heterocycles. The Morgan fingerprint density at radius 1 is 1.41 bits per heavy atom. The smallest absolute Gasteiger partial charge is 0.389 e. The van der Waals surface area contributed by atoms with Crippen LogP contribution in [0.25, 0.3) is 0 Å². The van der Waals surface area contributed by atoms with E-state index in [1.165, 1.54) is 6.92 Å². The fourth-order valence-corrected chi connectivity index (χ4v) is 2.29. The van der Waals surface area contributed by atoms with Gasteiger partial charge in [0.05, 0.1) is 12.9 Å². The number of esters is 1. The van der Waals surface area contributed by atoms with Crippen LogP contribution in [0.1, 0.15) is 19.8 Å². The van der Waals surface area contributed by atoms with Crippen molar-refractivity contribution in [2.75, 3.05) is 12.9 Å². The van der Waals surface area contributed by atoms with Crippen molar-refractivity contribution in [3.05, 3.63) is 0 Å². The van der Waals surface area contributed by atoms with Crippen LogP contribution >= 0.6 is 0 Å². The van der Waals surface area contributed by atoms with Gasteiger partial charge >= 0.3 is 12.1 Å². The lowest BCUT2D eigenvalue weighted by Gasteiger charge is -2.12. The molecule has 5 nitrogen and oxygen atoms in total. The number of nitrogens with one attached hydrogen (secondary N) is 1. The van der Waals surface area contributed by atoms with Crippen molar-refractivity contribution in [3.63, 3.8) is 0 Å². The van der Waals surface area contributed by atoms with Gasteiger partial charge < -0.3 is 4.74 Å². The highest BCUT2D eigenvalue weighted by atomic mass is 32.2. The van der Waals surface area contributed by atoms with Crippen LogP contribution in [-0.2, 0) is 19.6 Å². The number of hydrogen-bond donors (Lipinski definition) is 1. The van der Waals surface area contributed by atoms with Crippen molar-refractivity contribution >= 4 is 16.0 Å². The van der Waals surface area contributed by atoms with Crippen molar-refractivity contribution < 1.29 is 31.1 Å².